The molecule has 0 radical (unpaired) electrons. The molecule has 6 aliphatic heterocycles. The van der Waals surface area contributed by atoms with Gasteiger partial charge in [-0.05, 0) is 66.0 Å². The van der Waals surface area contributed by atoms with Crippen molar-refractivity contribution in [3.05, 3.63) is 35.1 Å². The average Bonchev–Trinajstić information content (AvgIpc) is 3.70. The molecule has 5 atom stereocenters. The third kappa shape index (κ3) is 7.22. The number of hydrogen-bond acceptors (Lipinski definition) is 10. The third-order valence-electron chi connectivity index (χ3n) is 8.26. The molecule has 1 amide bonds. The van der Waals surface area contributed by atoms with Crippen LogP contribution in [0.15, 0.2) is 23.7 Å². The number of piperidine rings is 1. The number of nitrogens with zero attached hydrogens (tertiary/aromatic N) is 3. The zero-order chi connectivity index (χ0) is 29.4. The van der Waals surface area contributed by atoms with Gasteiger partial charge >= 0.3 is 6.17 Å². The second-order valence-electron chi connectivity index (χ2n) is 12.6. The zero-order valence-electron chi connectivity index (χ0n) is 24.8. The van der Waals surface area contributed by atoms with Crippen molar-refractivity contribution in [3.63, 3.8) is 0 Å². The first-order valence-corrected chi connectivity index (χ1v) is 14.6. The van der Waals surface area contributed by atoms with E-state index in [0.717, 1.165) is 51.1 Å². The van der Waals surface area contributed by atoms with E-state index in [1.165, 1.54) is 0 Å². The van der Waals surface area contributed by atoms with Crippen LogP contribution in [0.1, 0.15) is 60.3 Å². The second kappa shape index (κ2) is 11.8. The number of carbonyl (C=O) groups excluding carboxylic acids is 1. The van der Waals surface area contributed by atoms with Gasteiger partial charge in [-0.3, -0.25) is 19.4 Å². The molecule has 0 saturated carbocycles. The lowest BCUT2D eigenvalue weighted by Gasteiger charge is -2.40. The molecule has 41 heavy (non-hydrogen) atoms. The maximum Gasteiger partial charge on any atom is 0.300 e. The second-order valence-corrected chi connectivity index (χ2v) is 12.6. The summed E-state index contributed by atoms with van der Waals surface area (Å²) in [5.41, 5.74) is -0.0584. The van der Waals surface area contributed by atoms with Gasteiger partial charge in [0.1, 0.15) is 30.3 Å². The van der Waals surface area contributed by atoms with Gasteiger partial charge in [0.15, 0.2) is 11.6 Å². The Bertz CT molecular complexity index is 1080. The summed E-state index contributed by atoms with van der Waals surface area (Å²) in [6.45, 7) is 20.5. The highest BCUT2D eigenvalue weighted by Gasteiger charge is 2.46. The standard InChI is InChI=1S/C21H32N4O4.C8H12O4/c1-20(2)28-16-12-15(27-19(16)29-20)14-24-10-7-21(3,8-11-24)23-13-18(26)25-9-5-6-17(25)22-4;1-8(2)11-6-3-5(4-9)10-7(6)12-8/h12,16-17,19,23H,5-11,13-14H2,1-3H3;3,6-7,9H,4H2,1-2H3/t16-,17+,19-;6-,7-/m11/s1. The number of aliphatic hydroxyl groups excluding tert-OH is 1. The van der Waals surface area contributed by atoms with Gasteiger partial charge in [0.2, 0.25) is 18.5 Å². The van der Waals surface area contributed by atoms with Crippen LogP contribution < -0.4 is 5.32 Å². The normalized spacial score (nSPS) is 34.4. The van der Waals surface area contributed by atoms with Crippen LogP contribution in [-0.2, 0) is 33.2 Å². The topological polar surface area (TPSA) is 116 Å². The molecule has 0 aliphatic carbocycles. The van der Waals surface area contributed by atoms with Crippen molar-refractivity contribution >= 4 is 5.91 Å². The van der Waals surface area contributed by atoms with E-state index in [4.69, 9.17) is 40.1 Å². The fraction of sp³-hybridized carbons (Fsp3) is 0.793. The number of rotatable bonds is 6. The molecule has 2 N–H and O–H groups in total. The molecule has 228 valence electrons. The van der Waals surface area contributed by atoms with Crippen molar-refractivity contribution < 1.29 is 38.3 Å². The minimum atomic E-state index is -0.586. The Labute approximate surface area is 242 Å². The molecule has 4 saturated heterocycles. The summed E-state index contributed by atoms with van der Waals surface area (Å²) in [5.74, 6) is 0.331. The smallest absolute Gasteiger partial charge is 0.300 e. The number of likely N-dealkylation sites (tertiary alicyclic amines) is 2. The van der Waals surface area contributed by atoms with Crippen LogP contribution in [0.3, 0.4) is 0 Å². The summed E-state index contributed by atoms with van der Waals surface area (Å²) in [6, 6.07) is 0. The Hall–Kier alpha value is -2.24. The first-order chi connectivity index (χ1) is 19.4. The molecule has 12 nitrogen and oxygen atoms in total. The summed E-state index contributed by atoms with van der Waals surface area (Å²) in [6.07, 6.45) is 6.20. The molecule has 0 bridgehead atoms. The van der Waals surface area contributed by atoms with E-state index < -0.39 is 11.6 Å². The summed E-state index contributed by atoms with van der Waals surface area (Å²) < 4.78 is 33.6. The first-order valence-electron chi connectivity index (χ1n) is 14.6. The Morgan fingerprint density at radius 1 is 0.976 bits per heavy atom. The highest BCUT2D eigenvalue weighted by atomic mass is 16.8. The van der Waals surface area contributed by atoms with Crippen molar-refractivity contribution in [3.8, 4) is 0 Å². The summed E-state index contributed by atoms with van der Waals surface area (Å²) in [5, 5.41) is 12.2. The van der Waals surface area contributed by atoms with Crippen molar-refractivity contribution in [2.24, 2.45) is 0 Å². The van der Waals surface area contributed by atoms with Crippen LogP contribution in [0.2, 0.25) is 0 Å². The monoisotopic (exact) mass is 576 g/mol. The molecule has 0 aromatic heterocycles. The van der Waals surface area contributed by atoms with Crippen LogP contribution in [-0.4, -0.2) is 108 Å². The molecule has 6 rings (SSSR count). The van der Waals surface area contributed by atoms with Crippen LogP contribution >= 0.6 is 0 Å². The van der Waals surface area contributed by atoms with Gasteiger partial charge in [0.05, 0.1) is 13.1 Å². The molecular formula is C29H44N4O8. The summed E-state index contributed by atoms with van der Waals surface area (Å²) >= 11 is 0. The predicted octanol–water partition coefficient (Wildman–Crippen LogP) is 2.06. The van der Waals surface area contributed by atoms with Crippen LogP contribution in [0.5, 0.6) is 0 Å². The fourth-order valence-electron chi connectivity index (χ4n) is 6.01. The highest BCUT2D eigenvalue weighted by Crippen LogP contribution is 2.36. The average molecular weight is 577 g/mol. The minimum absolute atomic E-state index is 0.0473. The van der Waals surface area contributed by atoms with E-state index in [-0.39, 0.29) is 49.0 Å². The first kappa shape index (κ1) is 30.2. The number of hydrogen-bond donors (Lipinski definition) is 2. The molecule has 6 heterocycles. The predicted molar refractivity (Wildman–Crippen MR) is 146 cm³/mol. The van der Waals surface area contributed by atoms with Crippen LogP contribution in [0.4, 0.5) is 0 Å². The number of fused-ring (bicyclic) bond motifs is 2. The van der Waals surface area contributed by atoms with Crippen molar-refractivity contribution in [1.29, 1.82) is 0 Å². The van der Waals surface area contributed by atoms with Gasteiger partial charge in [-0.1, -0.05) is 0 Å². The maximum absolute atomic E-state index is 12.5. The maximum atomic E-state index is 12.5. The number of amides is 1. The minimum Gasteiger partial charge on any atom is -0.465 e. The summed E-state index contributed by atoms with van der Waals surface area (Å²) in [7, 11) is 0. The van der Waals surface area contributed by atoms with Gasteiger partial charge in [-0.2, -0.15) is 0 Å². The molecule has 0 aromatic rings. The largest absolute Gasteiger partial charge is 0.465 e. The molecule has 0 spiro atoms. The van der Waals surface area contributed by atoms with Crippen molar-refractivity contribution in [2.75, 3.05) is 39.3 Å². The van der Waals surface area contributed by atoms with Crippen LogP contribution in [0.25, 0.3) is 4.85 Å². The quantitative estimate of drug-likeness (QED) is 0.456. The molecule has 0 unspecified atom stereocenters. The van der Waals surface area contributed by atoms with E-state index in [2.05, 4.69) is 22.0 Å². The molecular weight excluding hydrogens is 532 g/mol. The third-order valence-corrected chi connectivity index (χ3v) is 8.26. The van der Waals surface area contributed by atoms with E-state index >= 15 is 0 Å². The van der Waals surface area contributed by atoms with Gasteiger partial charge in [0, 0.05) is 31.6 Å². The Morgan fingerprint density at radius 2 is 1.56 bits per heavy atom. The van der Waals surface area contributed by atoms with Crippen molar-refractivity contribution in [1.82, 2.24) is 15.1 Å². The van der Waals surface area contributed by atoms with Gasteiger partial charge < -0.3 is 38.8 Å². The number of ether oxygens (including phenoxy) is 6. The lowest BCUT2D eigenvalue weighted by Crippen LogP contribution is -2.54. The molecule has 0 aromatic carbocycles. The molecule has 12 heteroatoms. The van der Waals surface area contributed by atoms with Gasteiger partial charge in [0.25, 0.3) is 0 Å². The Balaban J connectivity index is 0.000000234. The SMILES string of the molecule is CC1(C)O[C@H]2OC(CO)=C[C@H]2O1.[C-]#[N+][C@@H]1CCCN1C(=O)CNC1(C)CCN(CC2=C[C@H]3OC(C)(C)O[C@H]3O2)CC1. The highest BCUT2D eigenvalue weighted by molar-refractivity contribution is 5.79. The zero-order valence-corrected chi connectivity index (χ0v) is 24.8. The lowest BCUT2D eigenvalue weighted by molar-refractivity contribution is -0.183. The number of aliphatic hydroxyl groups is 1. The molecule has 4 fully saturated rings. The van der Waals surface area contributed by atoms with Crippen LogP contribution in [0, 0.1) is 6.57 Å². The fourth-order valence-corrected chi connectivity index (χ4v) is 6.01. The number of carbonyl (C=O) groups is 1. The lowest BCUT2D eigenvalue weighted by atomic mass is 9.89. The van der Waals surface area contributed by atoms with E-state index in [9.17, 15) is 4.79 Å². The molecule has 6 aliphatic rings. The summed E-state index contributed by atoms with van der Waals surface area (Å²) in [4.78, 5) is 20.2. The number of nitrogens with one attached hydrogen (secondary N) is 1. The van der Waals surface area contributed by atoms with E-state index in [1.807, 2.05) is 33.8 Å². The van der Waals surface area contributed by atoms with Crippen molar-refractivity contribution in [2.45, 2.75) is 108 Å². The van der Waals surface area contributed by atoms with E-state index in [1.54, 1.807) is 11.0 Å². The van der Waals surface area contributed by atoms with Gasteiger partial charge in [-0.15, -0.1) is 0 Å². The Morgan fingerprint density at radius 3 is 2.12 bits per heavy atom. The van der Waals surface area contributed by atoms with E-state index in [0.29, 0.717) is 18.8 Å². The van der Waals surface area contributed by atoms with Gasteiger partial charge in [-0.25, -0.2) is 6.57 Å². The Kier molecular flexibility index (Phi) is 8.70.